The summed E-state index contributed by atoms with van der Waals surface area (Å²) in [6.07, 6.45) is 6.13. The normalized spacial score (nSPS) is 14.4. The molecule has 1 saturated carbocycles. The van der Waals surface area contributed by atoms with Crippen LogP contribution in [0.1, 0.15) is 60.8 Å². The molecule has 0 saturated heterocycles. The number of nitrogens with one attached hydrogen (secondary N) is 1. The molecule has 1 aliphatic rings. The lowest BCUT2D eigenvalue weighted by atomic mass is 10.0. The van der Waals surface area contributed by atoms with E-state index in [1.807, 2.05) is 86.6 Å². The lowest BCUT2D eigenvalue weighted by Crippen LogP contribution is -2.52. The molecule has 0 unspecified atom stereocenters. The lowest BCUT2D eigenvalue weighted by molar-refractivity contribution is -0.141. The summed E-state index contributed by atoms with van der Waals surface area (Å²) in [6.45, 7) is 4.40. The maximum absolute atomic E-state index is 14.0. The van der Waals surface area contributed by atoms with Crippen molar-refractivity contribution in [3.05, 3.63) is 101 Å². The predicted molar refractivity (Wildman–Crippen MR) is 169 cm³/mol. The number of sulfonamides is 1. The van der Waals surface area contributed by atoms with Crippen molar-refractivity contribution in [2.24, 2.45) is 0 Å². The van der Waals surface area contributed by atoms with Crippen LogP contribution in [0.3, 0.4) is 0 Å². The maximum Gasteiger partial charge on any atom is 0.243 e. The molecule has 1 fully saturated rings. The average molecular weight is 590 g/mol. The first-order chi connectivity index (χ1) is 20.1. The second-order valence-corrected chi connectivity index (χ2v) is 13.3. The number of benzene rings is 3. The van der Waals surface area contributed by atoms with Gasteiger partial charge in [0.05, 0.1) is 11.9 Å². The molecule has 0 radical (unpaired) electrons. The number of amides is 2. The van der Waals surface area contributed by atoms with Gasteiger partial charge in [0.1, 0.15) is 6.04 Å². The zero-order chi connectivity index (χ0) is 30.1. The lowest BCUT2D eigenvalue weighted by Gasteiger charge is -2.33. The van der Waals surface area contributed by atoms with E-state index < -0.39 is 16.1 Å². The van der Waals surface area contributed by atoms with Crippen LogP contribution in [0.15, 0.2) is 78.9 Å². The van der Waals surface area contributed by atoms with E-state index in [0.29, 0.717) is 25.1 Å². The van der Waals surface area contributed by atoms with Gasteiger partial charge in [-0.15, -0.1) is 0 Å². The zero-order valence-electron chi connectivity index (χ0n) is 25.0. The van der Waals surface area contributed by atoms with Gasteiger partial charge in [0.15, 0.2) is 0 Å². The highest BCUT2D eigenvalue weighted by Gasteiger charge is 2.32. The highest BCUT2D eigenvalue weighted by molar-refractivity contribution is 7.92. The topological polar surface area (TPSA) is 86.8 Å². The van der Waals surface area contributed by atoms with Crippen LogP contribution in [0.25, 0.3) is 0 Å². The minimum Gasteiger partial charge on any atom is -0.352 e. The van der Waals surface area contributed by atoms with Gasteiger partial charge < -0.3 is 10.2 Å². The Bertz CT molecular complexity index is 1440. The Morgan fingerprint density at radius 3 is 2.10 bits per heavy atom. The molecule has 0 bridgehead atoms. The largest absolute Gasteiger partial charge is 0.352 e. The van der Waals surface area contributed by atoms with Crippen molar-refractivity contribution in [3.8, 4) is 0 Å². The van der Waals surface area contributed by atoms with Crippen molar-refractivity contribution in [2.75, 3.05) is 17.1 Å². The molecule has 7 nitrogen and oxygen atoms in total. The van der Waals surface area contributed by atoms with E-state index in [-0.39, 0.29) is 30.8 Å². The molecule has 1 aliphatic carbocycles. The predicted octanol–water partition coefficient (Wildman–Crippen LogP) is 5.55. The molecule has 0 aliphatic heterocycles. The first kappa shape index (κ1) is 31.3. The fourth-order valence-corrected chi connectivity index (χ4v) is 6.54. The molecule has 3 aromatic rings. The van der Waals surface area contributed by atoms with E-state index in [0.717, 1.165) is 47.9 Å². The Morgan fingerprint density at radius 1 is 0.881 bits per heavy atom. The molecule has 42 heavy (non-hydrogen) atoms. The summed E-state index contributed by atoms with van der Waals surface area (Å²) < 4.78 is 26.8. The van der Waals surface area contributed by atoms with Gasteiger partial charge in [-0.25, -0.2) is 8.42 Å². The van der Waals surface area contributed by atoms with Gasteiger partial charge in [-0.1, -0.05) is 79.6 Å². The van der Waals surface area contributed by atoms with Crippen LogP contribution >= 0.6 is 0 Å². The summed E-state index contributed by atoms with van der Waals surface area (Å²) in [4.78, 5) is 29.5. The third-order valence-corrected chi connectivity index (χ3v) is 9.29. The number of aryl methyl sites for hydroxylation is 2. The van der Waals surface area contributed by atoms with Crippen molar-refractivity contribution in [2.45, 2.75) is 77.4 Å². The van der Waals surface area contributed by atoms with Crippen LogP contribution in [0, 0.1) is 13.8 Å². The second-order valence-electron chi connectivity index (χ2n) is 11.4. The molecule has 3 aromatic carbocycles. The minimum atomic E-state index is -3.55. The number of rotatable bonds is 13. The molecule has 0 heterocycles. The Labute approximate surface area is 251 Å². The van der Waals surface area contributed by atoms with Crippen LogP contribution in [-0.2, 0) is 32.6 Å². The Hall–Kier alpha value is -3.65. The van der Waals surface area contributed by atoms with Gasteiger partial charge in [-0.3, -0.25) is 13.9 Å². The smallest absolute Gasteiger partial charge is 0.243 e. The van der Waals surface area contributed by atoms with Gasteiger partial charge >= 0.3 is 0 Å². The number of nitrogens with zero attached hydrogens (tertiary/aromatic N) is 2. The number of hydrogen-bond acceptors (Lipinski definition) is 4. The van der Waals surface area contributed by atoms with Gasteiger partial charge in [0.25, 0.3) is 0 Å². The van der Waals surface area contributed by atoms with E-state index in [1.54, 1.807) is 11.0 Å². The third kappa shape index (κ3) is 8.68. The molecule has 0 aromatic heterocycles. The monoisotopic (exact) mass is 589 g/mol. The van der Waals surface area contributed by atoms with Gasteiger partial charge in [0.2, 0.25) is 21.8 Å². The molecular formula is C34H43N3O4S. The number of carbonyl (C=O) groups is 2. The van der Waals surface area contributed by atoms with Crippen molar-refractivity contribution in [3.63, 3.8) is 0 Å². The van der Waals surface area contributed by atoms with Crippen molar-refractivity contribution >= 4 is 27.5 Å². The van der Waals surface area contributed by atoms with Gasteiger partial charge in [-0.05, 0) is 67.5 Å². The first-order valence-electron chi connectivity index (χ1n) is 14.8. The van der Waals surface area contributed by atoms with Crippen LogP contribution in [0.5, 0.6) is 0 Å². The summed E-state index contributed by atoms with van der Waals surface area (Å²) in [5.74, 6) is -0.308. The van der Waals surface area contributed by atoms with E-state index in [4.69, 9.17) is 0 Å². The van der Waals surface area contributed by atoms with E-state index >= 15 is 0 Å². The number of hydrogen-bond donors (Lipinski definition) is 1. The average Bonchev–Trinajstić information content (AvgIpc) is 3.48. The SMILES string of the molecule is Cc1ccc(N(CCCC(=O)N(Cc2ccccc2)[C@@H](Cc2ccccc2)C(=O)NC2CCCC2)S(C)(=O)=O)cc1C. The van der Waals surface area contributed by atoms with E-state index in [2.05, 4.69) is 5.32 Å². The van der Waals surface area contributed by atoms with Gasteiger partial charge in [0, 0.05) is 32.0 Å². The van der Waals surface area contributed by atoms with Crippen LogP contribution in [0.4, 0.5) is 5.69 Å². The molecule has 1 atom stereocenters. The van der Waals surface area contributed by atoms with E-state index in [9.17, 15) is 18.0 Å². The van der Waals surface area contributed by atoms with Gasteiger partial charge in [-0.2, -0.15) is 0 Å². The fourth-order valence-electron chi connectivity index (χ4n) is 5.59. The second kappa shape index (κ2) is 14.5. The third-order valence-electron chi connectivity index (χ3n) is 8.10. The molecule has 2 amide bonds. The quantitative estimate of drug-likeness (QED) is 0.283. The highest BCUT2D eigenvalue weighted by atomic mass is 32.2. The van der Waals surface area contributed by atoms with Crippen LogP contribution in [0.2, 0.25) is 0 Å². The molecule has 8 heteroatoms. The minimum absolute atomic E-state index is 0.117. The maximum atomic E-state index is 14.0. The van der Waals surface area contributed by atoms with Crippen molar-refractivity contribution in [1.29, 1.82) is 0 Å². The fraction of sp³-hybridized carbons (Fsp3) is 0.412. The summed E-state index contributed by atoms with van der Waals surface area (Å²) in [5.41, 5.74) is 4.59. The molecule has 0 spiro atoms. The van der Waals surface area contributed by atoms with Crippen molar-refractivity contribution < 1.29 is 18.0 Å². The summed E-state index contributed by atoms with van der Waals surface area (Å²) in [5, 5.41) is 3.23. The summed E-state index contributed by atoms with van der Waals surface area (Å²) >= 11 is 0. The number of carbonyl (C=O) groups excluding carboxylic acids is 2. The molecular weight excluding hydrogens is 546 g/mol. The highest BCUT2D eigenvalue weighted by Crippen LogP contribution is 2.23. The number of anilines is 1. The Balaban J connectivity index is 1.57. The van der Waals surface area contributed by atoms with Crippen molar-refractivity contribution in [1.82, 2.24) is 10.2 Å². The summed E-state index contributed by atoms with van der Waals surface area (Å²) in [6, 6.07) is 24.5. The Kier molecular flexibility index (Phi) is 10.8. The molecule has 1 N–H and O–H groups in total. The van der Waals surface area contributed by atoms with Crippen LogP contribution < -0.4 is 9.62 Å². The zero-order valence-corrected chi connectivity index (χ0v) is 25.8. The Morgan fingerprint density at radius 2 is 1.50 bits per heavy atom. The first-order valence-corrected chi connectivity index (χ1v) is 16.7. The molecule has 4 rings (SSSR count). The molecule has 224 valence electrons. The standard InChI is InChI=1S/C34H43N3O4S/c1-26-20-21-31(23-27(26)2)37(42(3,40)41)22-12-19-33(38)36(25-29-15-8-5-9-16-29)32(24-28-13-6-4-7-14-28)34(39)35-30-17-10-11-18-30/h4-9,13-16,20-21,23,30,32H,10-12,17-19,22,24-25H2,1-3H3,(H,35,39)/t32-/m0/s1. The van der Waals surface area contributed by atoms with E-state index in [1.165, 1.54) is 10.6 Å². The van der Waals surface area contributed by atoms with Crippen LogP contribution in [-0.4, -0.2) is 50.0 Å². The summed E-state index contributed by atoms with van der Waals surface area (Å²) in [7, 11) is -3.55.